The van der Waals surface area contributed by atoms with Gasteiger partial charge in [-0.1, -0.05) is 31.7 Å². The standard InChI is InChI=1S/C14H20N2O2/c15-13-11(6-5-9-16-13)10-12(17)14(18)7-3-1-2-4-8-14/h5-6,9,18H,1-4,7-8,10H2,(H2,15,16). The molecule has 0 aliphatic heterocycles. The van der Waals surface area contributed by atoms with Gasteiger partial charge in [-0.25, -0.2) is 4.98 Å². The molecule has 0 bridgehead atoms. The number of nitrogens with zero attached hydrogens (tertiary/aromatic N) is 1. The van der Waals surface area contributed by atoms with Crippen LogP contribution in [-0.4, -0.2) is 21.5 Å². The second-order valence-corrected chi connectivity index (χ2v) is 5.09. The zero-order chi connectivity index (χ0) is 13.0. The number of carbonyl (C=O) groups excluding carboxylic acids is 1. The van der Waals surface area contributed by atoms with Gasteiger partial charge in [0, 0.05) is 18.2 Å². The Labute approximate surface area is 107 Å². The minimum absolute atomic E-state index is 0.121. The normalized spacial score (nSPS) is 19.2. The Balaban J connectivity index is 2.09. The van der Waals surface area contributed by atoms with Crippen LogP contribution in [0.1, 0.15) is 44.1 Å². The number of hydrogen-bond acceptors (Lipinski definition) is 4. The number of rotatable bonds is 3. The molecule has 1 aromatic heterocycles. The Hall–Kier alpha value is -1.42. The SMILES string of the molecule is Nc1ncccc1CC(=O)C1(O)CCCCCC1. The highest BCUT2D eigenvalue weighted by Gasteiger charge is 2.35. The second-order valence-electron chi connectivity index (χ2n) is 5.09. The minimum Gasteiger partial charge on any atom is -0.383 e. The molecule has 1 aromatic rings. The van der Waals surface area contributed by atoms with Crippen LogP contribution in [0.2, 0.25) is 0 Å². The number of hydrogen-bond donors (Lipinski definition) is 2. The molecule has 0 spiro atoms. The van der Waals surface area contributed by atoms with Crippen LogP contribution < -0.4 is 5.73 Å². The van der Waals surface area contributed by atoms with E-state index < -0.39 is 5.60 Å². The van der Waals surface area contributed by atoms with Crippen LogP contribution in [-0.2, 0) is 11.2 Å². The summed E-state index contributed by atoms with van der Waals surface area (Å²) in [6.07, 6.45) is 6.97. The van der Waals surface area contributed by atoms with Gasteiger partial charge in [0.2, 0.25) is 0 Å². The van der Waals surface area contributed by atoms with Crippen LogP contribution in [0.15, 0.2) is 18.3 Å². The van der Waals surface area contributed by atoms with Crippen molar-refractivity contribution in [3.63, 3.8) is 0 Å². The number of Topliss-reactive ketones (excluding diaryl/α,β-unsaturated/α-hetero) is 1. The largest absolute Gasteiger partial charge is 0.383 e. The fourth-order valence-electron chi connectivity index (χ4n) is 2.53. The molecule has 1 fully saturated rings. The second kappa shape index (κ2) is 5.48. The van der Waals surface area contributed by atoms with Crippen molar-refractivity contribution >= 4 is 11.6 Å². The van der Waals surface area contributed by atoms with Crippen molar-refractivity contribution in [3.05, 3.63) is 23.9 Å². The first-order valence-electron chi connectivity index (χ1n) is 6.57. The molecule has 1 heterocycles. The number of carbonyl (C=O) groups is 1. The molecule has 3 N–H and O–H groups in total. The lowest BCUT2D eigenvalue weighted by Crippen LogP contribution is -2.39. The molecule has 0 aromatic carbocycles. The summed E-state index contributed by atoms with van der Waals surface area (Å²) in [4.78, 5) is 16.2. The van der Waals surface area contributed by atoms with Gasteiger partial charge in [-0.3, -0.25) is 4.79 Å². The van der Waals surface area contributed by atoms with Crippen molar-refractivity contribution < 1.29 is 9.90 Å². The van der Waals surface area contributed by atoms with Crippen molar-refractivity contribution in [2.24, 2.45) is 0 Å². The minimum atomic E-state index is -1.15. The Morgan fingerprint density at radius 2 is 2.00 bits per heavy atom. The molecular formula is C14H20N2O2. The lowest BCUT2D eigenvalue weighted by atomic mass is 9.87. The quantitative estimate of drug-likeness (QED) is 0.800. The molecule has 98 valence electrons. The predicted octanol–water partition coefficient (Wildman–Crippen LogP) is 1.86. The molecule has 1 aliphatic rings. The first kappa shape index (κ1) is 13.0. The van der Waals surface area contributed by atoms with Gasteiger partial charge in [0.1, 0.15) is 11.4 Å². The molecule has 4 heteroatoms. The molecule has 0 radical (unpaired) electrons. The van der Waals surface area contributed by atoms with Gasteiger partial charge >= 0.3 is 0 Å². The van der Waals surface area contributed by atoms with Crippen molar-refractivity contribution in [1.82, 2.24) is 4.98 Å². The maximum atomic E-state index is 12.3. The number of anilines is 1. The fraction of sp³-hybridized carbons (Fsp3) is 0.571. The van der Waals surface area contributed by atoms with E-state index >= 15 is 0 Å². The molecular weight excluding hydrogens is 228 g/mol. The fourth-order valence-corrected chi connectivity index (χ4v) is 2.53. The Bertz CT molecular complexity index is 424. The third-order valence-electron chi connectivity index (χ3n) is 3.73. The van der Waals surface area contributed by atoms with E-state index in [4.69, 9.17) is 5.73 Å². The maximum absolute atomic E-state index is 12.3. The van der Waals surface area contributed by atoms with E-state index in [9.17, 15) is 9.90 Å². The maximum Gasteiger partial charge on any atom is 0.168 e. The van der Waals surface area contributed by atoms with Gasteiger partial charge in [-0.05, 0) is 18.9 Å². The van der Waals surface area contributed by atoms with Crippen LogP contribution >= 0.6 is 0 Å². The van der Waals surface area contributed by atoms with E-state index in [1.165, 1.54) is 0 Å². The lowest BCUT2D eigenvalue weighted by Gasteiger charge is -2.25. The van der Waals surface area contributed by atoms with Crippen LogP contribution in [0, 0.1) is 0 Å². The number of ketones is 1. The number of nitrogen functional groups attached to an aromatic ring is 1. The highest BCUT2D eigenvalue weighted by atomic mass is 16.3. The van der Waals surface area contributed by atoms with Gasteiger partial charge < -0.3 is 10.8 Å². The smallest absolute Gasteiger partial charge is 0.168 e. The summed E-state index contributed by atoms with van der Waals surface area (Å²) in [5, 5.41) is 10.5. The van der Waals surface area contributed by atoms with E-state index in [2.05, 4.69) is 4.98 Å². The average Bonchev–Trinajstić information content (AvgIpc) is 2.58. The molecule has 0 saturated heterocycles. The highest BCUT2D eigenvalue weighted by Crippen LogP contribution is 2.29. The zero-order valence-corrected chi connectivity index (χ0v) is 10.6. The van der Waals surface area contributed by atoms with Crippen LogP contribution in [0.25, 0.3) is 0 Å². The average molecular weight is 248 g/mol. The summed E-state index contributed by atoms with van der Waals surface area (Å²) in [6, 6.07) is 3.55. The molecule has 1 aliphatic carbocycles. The van der Waals surface area contributed by atoms with Gasteiger partial charge in [-0.15, -0.1) is 0 Å². The summed E-state index contributed by atoms with van der Waals surface area (Å²) in [7, 11) is 0. The van der Waals surface area contributed by atoms with Crippen LogP contribution in [0.5, 0.6) is 0 Å². The summed E-state index contributed by atoms with van der Waals surface area (Å²) in [6.45, 7) is 0. The van der Waals surface area contributed by atoms with E-state index in [1.54, 1.807) is 18.3 Å². The summed E-state index contributed by atoms with van der Waals surface area (Å²) in [5.41, 5.74) is 5.28. The molecule has 18 heavy (non-hydrogen) atoms. The third-order valence-corrected chi connectivity index (χ3v) is 3.73. The van der Waals surface area contributed by atoms with Crippen molar-refractivity contribution in [2.75, 3.05) is 5.73 Å². The summed E-state index contributed by atoms with van der Waals surface area (Å²) >= 11 is 0. The Kier molecular flexibility index (Phi) is 3.97. The zero-order valence-electron chi connectivity index (χ0n) is 10.6. The molecule has 0 amide bonds. The molecule has 0 atom stereocenters. The van der Waals surface area contributed by atoms with E-state index in [0.29, 0.717) is 24.2 Å². The first-order chi connectivity index (χ1) is 8.62. The summed E-state index contributed by atoms with van der Waals surface area (Å²) in [5.74, 6) is 0.257. The molecule has 1 saturated carbocycles. The number of aromatic nitrogens is 1. The highest BCUT2D eigenvalue weighted by molar-refractivity contribution is 5.89. The van der Waals surface area contributed by atoms with E-state index in [-0.39, 0.29) is 12.2 Å². The van der Waals surface area contributed by atoms with E-state index in [0.717, 1.165) is 25.7 Å². The monoisotopic (exact) mass is 248 g/mol. The number of pyridine rings is 1. The van der Waals surface area contributed by atoms with Gasteiger partial charge in [0.05, 0.1) is 0 Å². The van der Waals surface area contributed by atoms with Crippen LogP contribution in [0.3, 0.4) is 0 Å². The van der Waals surface area contributed by atoms with Gasteiger partial charge in [0.15, 0.2) is 5.78 Å². The number of nitrogens with two attached hydrogens (primary N) is 1. The van der Waals surface area contributed by atoms with Crippen molar-refractivity contribution in [1.29, 1.82) is 0 Å². The first-order valence-corrected chi connectivity index (χ1v) is 6.57. The van der Waals surface area contributed by atoms with Gasteiger partial charge in [0.25, 0.3) is 0 Å². The Morgan fingerprint density at radius 1 is 1.33 bits per heavy atom. The van der Waals surface area contributed by atoms with E-state index in [1.807, 2.05) is 0 Å². The van der Waals surface area contributed by atoms with Gasteiger partial charge in [-0.2, -0.15) is 0 Å². The molecule has 0 unspecified atom stereocenters. The topological polar surface area (TPSA) is 76.2 Å². The predicted molar refractivity (Wildman–Crippen MR) is 70.0 cm³/mol. The molecule has 4 nitrogen and oxygen atoms in total. The van der Waals surface area contributed by atoms with Crippen molar-refractivity contribution in [2.45, 2.75) is 50.5 Å². The van der Waals surface area contributed by atoms with Crippen molar-refractivity contribution in [3.8, 4) is 0 Å². The third kappa shape index (κ3) is 2.88. The lowest BCUT2D eigenvalue weighted by molar-refractivity contribution is -0.138. The Morgan fingerprint density at radius 3 is 2.61 bits per heavy atom. The summed E-state index contributed by atoms with van der Waals surface area (Å²) < 4.78 is 0. The molecule has 2 rings (SSSR count). The van der Waals surface area contributed by atoms with Crippen LogP contribution in [0.4, 0.5) is 5.82 Å². The number of aliphatic hydroxyl groups is 1.